The van der Waals surface area contributed by atoms with Crippen molar-refractivity contribution in [2.24, 2.45) is 5.16 Å². The van der Waals surface area contributed by atoms with E-state index in [0.29, 0.717) is 11.3 Å². The van der Waals surface area contributed by atoms with Crippen molar-refractivity contribution in [2.45, 2.75) is 6.92 Å². The average molecular weight is 266 g/mol. The van der Waals surface area contributed by atoms with Gasteiger partial charge in [-0.3, -0.25) is 0 Å². The highest BCUT2D eigenvalue weighted by Crippen LogP contribution is 2.14. The Morgan fingerprint density at radius 2 is 1.60 bits per heavy atom. The van der Waals surface area contributed by atoms with Crippen LogP contribution >= 0.6 is 0 Å². The minimum atomic E-state index is 0.216. The van der Waals surface area contributed by atoms with Crippen molar-refractivity contribution in [3.8, 4) is 17.6 Å². The molecule has 0 saturated carbocycles. The van der Waals surface area contributed by atoms with Crippen molar-refractivity contribution in [1.82, 2.24) is 0 Å². The van der Waals surface area contributed by atoms with Gasteiger partial charge in [0.15, 0.2) is 11.5 Å². The van der Waals surface area contributed by atoms with Gasteiger partial charge in [-0.05, 0) is 43.3 Å². The number of oxime groups is 1. The maximum Gasteiger partial charge on any atom is 0.187 e. The van der Waals surface area contributed by atoms with Gasteiger partial charge in [0.05, 0.1) is 7.11 Å². The number of benzene rings is 2. The summed E-state index contributed by atoms with van der Waals surface area (Å²) in [6.45, 7) is 1.99. The summed E-state index contributed by atoms with van der Waals surface area (Å²) in [7, 11) is 1.59. The minimum Gasteiger partial charge on any atom is -0.497 e. The fourth-order valence-corrected chi connectivity index (χ4v) is 1.58. The van der Waals surface area contributed by atoms with Crippen LogP contribution in [0, 0.1) is 18.3 Å². The van der Waals surface area contributed by atoms with Crippen LogP contribution in [0.2, 0.25) is 0 Å². The molecule has 0 amide bonds. The summed E-state index contributed by atoms with van der Waals surface area (Å²) in [6.07, 6.45) is 0. The van der Waals surface area contributed by atoms with E-state index in [1.54, 1.807) is 31.4 Å². The van der Waals surface area contributed by atoms with Gasteiger partial charge in [0.25, 0.3) is 0 Å². The zero-order valence-electron chi connectivity index (χ0n) is 11.3. The number of rotatable bonds is 4. The minimum absolute atomic E-state index is 0.216. The predicted molar refractivity (Wildman–Crippen MR) is 77.0 cm³/mol. The smallest absolute Gasteiger partial charge is 0.187 e. The van der Waals surface area contributed by atoms with E-state index in [2.05, 4.69) is 5.16 Å². The summed E-state index contributed by atoms with van der Waals surface area (Å²) in [4.78, 5) is 5.26. The molecule has 0 saturated heterocycles. The molecule has 0 heterocycles. The van der Waals surface area contributed by atoms with Gasteiger partial charge in [-0.2, -0.15) is 5.26 Å². The Balaban J connectivity index is 2.16. The van der Waals surface area contributed by atoms with Gasteiger partial charge in [0, 0.05) is 5.56 Å². The number of methoxy groups -OCH3 is 1. The lowest BCUT2D eigenvalue weighted by molar-refractivity contribution is 0.342. The van der Waals surface area contributed by atoms with Crippen LogP contribution in [-0.4, -0.2) is 12.8 Å². The van der Waals surface area contributed by atoms with Crippen LogP contribution < -0.4 is 9.57 Å². The molecule has 100 valence electrons. The standard InChI is InChI=1S/C16H14N2O2/c1-12-3-7-15(8-4-12)20-18-16(11-17)13-5-9-14(19-2)10-6-13/h3-10H,1-2H3. The third-order valence-electron chi connectivity index (χ3n) is 2.73. The molecule has 4 heteroatoms. The molecule has 0 fully saturated rings. The average Bonchev–Trinajstić information content (AvgIpc) is 2.50. The summed E-state index contributed by atoms with van der Waals surface area (Å²) >= 11 is 0. The van der Waals surface area contributed by atoms with Crippen LogP contribution in [0.25, 0.3) is 0 Å². The molecule has 0 atom stereocenters. The topological polar surface area (TPSA) is 54.6 Å². The predicted octanol–water partition coefficient (Wildman–Crippen LogP) is 3.31. The molecule has 0 N–H and O–H groups in total. The van der Waals surface area contributed by atoms with Crippen LogP contribution in [0.4, 0.5) is 0 Å². The zero-order valence-corrected chi connectivity index (χ0v) is 11.3. The van der Waals surface area contributed by atoms with Crippen molar-refractivity contribution in [2.75, 3.05) is 7.11 Å². The Kier molecular flexibility index (Phi) is 4.35. The number of hydrogen-bond acceptors (Lipinski definition) is 4. The Morgan fingerprint density at radius 3 is 2.15 bits per heavy atom. The number of hydrogen-bond donors (Lipinski definition) is 0. The van der Waals surface area contributed by atoms with Crippen molar-refractivity contribution < 1.29 is 9.57 Å². The maximum atomic E-state index is 9.14. The van der Waals surface area contributed by atoms with E-state index in [4.69, 9.17) is 14.8 Å². The highest BCUT2D eigenvalue weighted by molar-refractivity contribution is 6.11. The first-order valence-electron chi connectivity index (χ1n) is 6.09. The highest BCUT2D eigenvalue weighted by atomic mass is 16.6. The molecule has 4 nitrogen and oxygen atoms in total. The number of aryl methyl sites for hydroxylation is 1. The van der Waals surface area contributed by atoms with Crippen LogP contribution in [0.3, 0.4) is 0 Å². The van der Waals surface area contributed by atoms with Gasteiger partial charge in [-0.1, -0.05) is 22.9 Å². The second-order valence-electron chi connectivity index (χ2n) is 4.18. The maximum absolute atomic E-state index is 9.14. The fraction of sp³-hybridized carbons (Fsp3) is 0.125. The third kappa shape index (κ3) is 3.36. The summed E-state index contributed by atoms with van der Waals surface area (Å²) < 4.78 is 5.07. The second-order valence-corrected chi connectivity index (χ2v) is 4.18. The summed E-state index contributed by atoms with van der Waals surface area (Å²) in [5, 5.41) is 13.0. The molecule has 2 rings (SSSR count). The van der Waals surface area contributed by atoms with E-state index in [1.807, 2.05) is 37.3 Å². The second kappa shape index (κ2) is 6.39. The third-order valence-corrected chi connectivity index (χ3v) is 2.73. The van der Waals surface area contributed by atoms with E-state index < -0.39 is 0 Å². The zero-order chi connectivity index (χ0) is 14.4. The molecule has 0 aliphatic heterocycles. The van der Waals surface area contributed by atoms with Crippen LogP contribution in [0.1, 0.15) is 11.1 Å². The summed E-state index contributed by atoms with van der Waals surface area (Å²) in [5.41, 5.74) is 2.03. The fourth-order valence-electron chi connectivity index (χ4n) is 1.58. The summed E-state index contributed by atoms with van der Waals surface area (Å²) in [6, 6.07) is 16.5. The normalized spacial score (nSPS) is 10.8. The number of nitrogens with zero attached hydrogens (tertiary/aromatic N) is 2. The first kappa shape index (κ1) is 13.6. The number of nitriles is 1. The SMILES string of the molecule is COc1ccc(C(C#N)=NOc2ccc(C)cc2)cc1. The van der Waals surface area contributed by atoms with Gasteiger partial charge in [0.2, 0.25) is 0 Å². The highest BCUT2D eigenvalue weighted by Gasteiger charge is 2.04. The van der Waals surface area contributed by atoms with Crippen LogP contribution in [0.15, 0.2) is 53.7 Å². The van der Waals surface area contributed by atoms with Gasteiger partial charge in [-0.15, -0.1) is 0 Å². The first-order valence-corrected chi connectivity index (χ1v) is 6.09. The van der Waals surface area contributed by atoms with E-state index in [0.717, 1.165) is 11.3 Å². The molecule has 0 spiro atoms. The van der Waals surface area contributed by atoms with Gasteiger partial charge < -0.3 is 9.57 Å². The molecule has 0 aliphatic carbocycles. The first-order chi connectivity index (χ1) is 9.72. The van der Waals surface area contributed by atoms with Crippen LogP contribution in [0.5, 0.6) is 11.5 Å². The van der Waals surface area contributed by atoms with Crippen molar-refractivity contribution in [3.63, 3.8) is 0 Å². The Hall–Kier alpha value is -2.80. The van der Waals surface area contributed by atoms with E-state index >= 15 is 0 Å². The van der Waals surface area contributed by atoms with Crippen molar-refractivity contribution in [1.29, 1.82) is 5.26 Å². The Labute approximate surface area is 117 Å². The van der Waals surface area contributed by atoms with E-state index in [1.165, 1.54) is 0 Å². The molecular weight excluding hydrogens is 252 g/mol. The summed E-state index contributed by atoms with van der Waals surface area (Å²) in [5.74, 6) is 1.32. The quantitative estimate of drug-likeness (QED) is 0.630. The molecule has 2 aromatic rings. The Bertz CT molecular complexity index is 638. The lowest BCUT2D eigenvalue weighted by Gasteiger charge is -2.02. The molecule has 0 unspecified atom stereocenters. The molecule has 0 radical (unpaired) electrons. The molecule has 0 bridgehead atoms. The van der Waals surface area contributed by atoms with Gasteiger partial charge in [-0.25, -0.2) is 0 Å². The van der Waals surface area contributed by atoms with Gasteiger partial charge >= 0.3 is 0 Å². The van der Waals surface area contributed by atoms with Crippen molar-refractivity contribution in [3.05, 3.63) is 59.7 Å². The molecule has 0 aliphatic rings. The largest absolute Gasteiger partial charge is 0.497 e. The van der Waals surface area contributed by atoms with E-state index in [-0.39, 0.29) is 5.71 Å². The molecule has 2 aromatic carbocycles. The lowest BCUT2D eigenvalue weighted by Crippen LogP contribution is -2.00. The van der Waals surface area contributed by atoms with E-state index in [9.17, 15) is 0 Å². The molecule has 0 aromatic heterocycles. The van der Waals surface area contributed by atoms with Crippen LogP contribution in [-0.2, 0) is 0 Å². The number of ether oxygens (including phenoxy) is 1. The van der Waals surface area contributed by atoms with Crippen molar-refractivity contribution >= 4 is 5.71 Å². The lowest BCUT2D eigenvalue weighted by atomic mass is 10.1. The Morgan fingerprint density at radius 1 is 1.00 bits per heavy atom. The molecular formula is C16H14N2O2. The van der Waals surface area contributed by atoms with Gasteiger partial charge in [0.1, 0.15) is 11.8 Å². The molecule has 20 heavy (non-hydrogen) atoms. The monoisotopic (exact) mass is 266 g/mol.